The van der Waals surface area contributed by atoms with Crippen LogP contribution in [0, 0.1) is 0 Å². The van der Waals surface area contributed by atoms with Gasteiger partial charge >= 0.3 is 0 Å². The van der Waals surface area contributed by atoms with Crippen molar-refractivity contribution >= 4 is 28.6 Å². The molecule has 3 aromatic rings. The molecule has 1 fully saturated rings. The van der Waals surface area contributed by atoms with Gasteiger partial charge in [0, 0.05) is 50.5 Å². The van der Waals surface area contributed by atoms with Gasteiger partial charge in [0.2, 0.25) is 5.95 Å². The highest BCUT2D eigenvalue weighted by Gasteiger charge is 2.23. The number of hydrogen-bond donors (Lipinski definition) is 2. The Morgan fingerprint density at radius 3 is 2.46 bits per heavy atom. The van der Waals surface area contributed by atoms with Crippen LogP contribution in [0.15, 0.2) is 41.3 Å². The van der Waals surface area contributed by atoms with Gasteiger partial charge in [-0.3, -0.25) is 14.5 Å². The minimum Gasteiger partial charge on any atom is -0.369 e. The predicted octanol–water partition coefficient (Wildman–Crippen LogP) is 2.80. The lowest BCUT2D eigenvalue weighted by molar-refractivity contribution is 0.0595. The first-order chi connectivity index (χ1) is 16.9. The Kier molecular flexibility index (Phi) is 7.65. The number of benzene rings is 1. The van der Waals surface area contributed by atoms with Crippen LogP contribution in [0.2, 0.25) is 0 Å². The second-order valence-corrected chi connectivity index (χ2v) is 9.34. The molecular weight excluding hydrogens is 442 g/mol. The van der Waals surface area contributed by atoms with Gasteiger partial charge in [-0.15, -0.1) is 0 Å². The minimum absolute atomic E-state index is 0.0559. The van der Waals surface area contributed by atoms with Crippen molar-refractivity contribution in [1.82, 2.24) is 24.3 Å². The highest BCUT2D eigenvalue weighted by Crippen LogP contribution is 2.18. The van der Waals surface area contributed by atoms with Crippen LogP contribution in [0.3, 0.4) is 0 Å². The van der Waals surface area contributed by atoms with Gasteiger partial charge in [0.15, 0.2) is 0 Å². The van der Waals surface area contributed by atoms with Crippen LogP contribution in [0.1, 0.15) is 49.5 Å². The molecule has 2 aromatic heterocycles. The summed E-state index contributed by atoms with van der Waals surface area (Å²) in [5.41, 5.74) is 7.80. The molecule has 0 bridgehead atoms. The second kappa shape index (κ2) is 10.9. The molecule has 1 aromatic carbocycles. The summed E-state index contributed by atoms with van der Waals surface area (Å²) in [7, 11) is 0. The number of piperazine rings is 1. The second-order valence-electron chi connectivity index (χ2n) is 9.34. The Morgan fingerprint density at radius 1 is 1.09 bits per heavy atom. The maximum atomic E-state index is 13.3. The third-order valence-electron chi connectivity index (χ3n) is 6.55. The summed E-state index contributed by atoms with van der Waals surface area (Å²) in [5, 5.41) is 3.67. The summed E-state index contributed by atoms with van der Waals surface area (Å²) in [5.74, 6) is 0.665. The molecule has 0 saturated carbocycles. The molecule has 0 aliphatic carbocycles. The molecule has 0 atom stereocenters. The first-order valence-electron chi connectivity index (χ1n) is 12.4. The maximum absolute atomic E-state index is 13.3. The van der Waals surface area contributed by atoms with E-state index in [1.54, 1.807) is 16.8 Å². The zero-order valence-electron chi connectivity index (χ0n) is 20.8. The molecule has 1 saturated heterocycles. The number of carbonyl (C=O) groups is 1. The molecule has 1 aliphatic rings. The zero-order chi connectivity index (χ0) is 24.9. The third-order valence-corrected chi connectivity index (χ3v) is 6.55. The van der Waals surface area contributed by atoms with E-state index in [1.165, 1.54) is 0 Å². The number of nitrogens with one attached hydrogen (secondary N) is 1. The zero-order valence-corrected chi connectivity index (χ0v) is 20.8. The molecule has 1 amide bonds. The number of pyridine rings is 1. The number of rotatable bonds is 8. The van der Waals surface area contributed by atoms with E-state index in [1.807, 2.05) is 29.2 Å². The molecule has 0 radical (unpaired) electrons. The van der Waals surface area contributed by atoms with Crippen LogP contribution in [-0.2, 0) is 6.54 Å². The molecule has 9 heteroatoms. The Labute approximate surface area is 206 Å². The smallest absolute Gasteiger partial charge is 0.264 e. The number of unbranched alkanes of at least 4 members (excludes halogenated alkanes) is 1. The first kappa shape index (κ1) is 24.7. The number of fused-ring (bicyclic) bond motifs is 1. The van der Waals surface area contributed by atoms with Crippen LogP contribution in [0.4, 0.5) is 11.8 Å². The molecule has 9 nitrogen and oxygen atoms in total. The molecule has 4 rings (SSSR count). The van der Waals surface area contributed by atoms with E-state index in [2.05, 4.69) is 41.0 Å². The quantitative estimate of drug-likeness (QED) is 0.480. The van der Waals surface area contributed by atoms with E-state index < -0.39 is 0 Å². The Balaban J connectivity index is 1.50. The van der Waals surface area contributed by atoms with Crippen molar-refractivity contribution in [1.29, 1.82) is 0 Å². The van der Waals surface area contributed by atoms with Gasteiger partial charge in [-0.2, -0.15) is 4.98 Å². The van der Waals surface area contributed by atoms with Crippen LogP contribution in [-0.4, -0.2) is 69.0 Å². The molecule has 3 N–H and O–H groups in total. The molecule has 35 heavy (non-hydrogen) atoms. The molecule has 0 spiro atoms. The Bertz CT molecular complexity index is 1230. The van der Waals surface area contributed by atoms with Crippen LogP contribution in [0.25, 0.3) is 10.9 Å². The van der Waals surface area contributed by atoms with Gasteiger partial charge in [0.1, 0.15) is 11.2 Å². The third kappa shape index (κ3) is 5.62. The molecular formula is C26H35N7O2. The predicted molar refractivity (Wildman–Crippen MR) is 140 cm³/mol. The standard InChI is InChI=1S/C26H35N7O2/c1-4-5-11-28-23-22-21(29-26(27)30-23)10-12-33(25(22)35)17-19-6-8-20(9-7-19)24(34)32-15-13-31(14-16-32)18(2)3/h6-10,12,18H,4-5,11,13-17H2,1-3H3,(H3,27,28,29,30). The van der Waals surface area contributed by atoms with Crippen molar-refractivity contribution in [3.63, 3.8) is 0 Å². The van der Waals surface area contributed by atoms with Crippen molar-refractivity contribution in [3.05, 3.63) is 58.0 Å². The van der Waals surface area contributed by atoms with Gasteiger partial charge in [-0.25, -0.2) is 4.98 Å². The van der Waals surface area contributed by atoms with E-state index in [9.17, 15) is 9.59 Å². The summed E-state index contributed by atoms with van der Waals surface area (Å²) in [4.78, 5) is 39.0. The van der Waals surface area contributed by atoms with Crippen LogP contribution in [0.5, 0.6) is 0 Å². The number of nitrogen functional groups attached to an aromatic ring is 1. The van der Waals surface area contributed by atoms with Crippen LogP contribution < -0.4 is 16.6 Å². The van der Waals surface area contributed by atoms with Gasteiger partial charge < -0.3 is 20.5 Å². The summed E-state index contributed by atoms with van der Waals surface area (Å²) < 4.78 is 1.63. The maximum Gasteiger partial charge on any atom is 0.264 e. The lowest BCUT2D eigenvalue weighted by Crippen LogP contribution is -2.50. The first-order valence-corrected chi connectivity index (χ1v) is 12.4. The number of nitrogens with two attached hydrogens (primary N) is 1. The summed E-state index contributed by atoms with van der Waals surface area (Å²) in [6.07, 6.45) is 3.72. The molecule has 1 aliphatic heterocycles. The van der Waals surface area contributed by atoms with Crippen molar-refractivity contribution in [2.24, 2.45) is 0 Å². The molecule has 3 heterocycles. The van der Waals surface area contributed by atoms with Gasteiger partial charge in [-0.1, -0.05) is 25.5 Å². The van der Waals surface area contributed by atoms with E-state index in [4.69, 9.17) is 5.73 Å². The SMILES string of the molecule is CCCCNc1nc(N)nc2ccn(Cc3ccc(C(=O)N4CCN(C(C)C)CC4)cc3)c(=O)c12. The number of carbonyl (C=O) groups excluding carboxylic acids is 1. The topological polar surface area (TPSA) is 109 Å². The number of anilines is 2. The van der Waals surface area contributed by atoms with E-state index in [0.29, 0.717) is 41.4 Å². The fraction of sp³-hybridized carbons (Fsp3) is 0.462. The highest BCUT2D eigenvalue weighted by atomic mass is 16.2. The summed E-state index contributed by atoms with van der Waals surface area (Å²) in [6, 6.07) is 9.80. The molecule has 186 valence electrons. The number of nitrogens with zero attached hydrogens (tertiary/aromatic N) is 5. The Hall–Kier alpha value is -3.46. The summed E-state index contributed by atoms with van der Waals surface area (Å²) in [6.45, 7) is 10.8. The van der Waals surface area contributed by atoms with Gasteiger partial charge in [-0.05, 0) is 44.0 Å². The fourth-order valence-corrected chi connectivity index (χ4v) is 4.41. The van der Waals surface area contributed by atoms with Crippen molar-refractivity contribution in [3.8, 4) is 0 Å². The number of hydrogen-bond acceptors (Lipinski definition) is 7. The minimum atomic E-state index is -0.176. The van der Waals surface area contributed by atoms with E-state index >= 15 is 0 Å². The average molecular weight is 478 g/mol. The number of aromatic nitrogens is 3. The van der Waals surface area contributed by atoms with Crippen molar-refractivity contribution in [2.45, 2.75) is 46.2 Å². The average Bonchev–Trinajstić information content (AvgIpc) is 2.85. The van der Waals surface area contributed by atoms with Gasteiger partial charge in [0.25, 0.3) is 11.5 Å². The van der Waals surface area contributed by atoms with E-state index in [-0.39, 0.29) is 17.4 Å². The Morgan fingerprint density at radius 2 is 1.80 bits per heavy atom. The highest BCUT2D eigenvalue weighted by molar-refractivity contribution is 5.94. The van der Waals surface area contributed by atoms with Crippen LogP contribution >= 0.6 is 0 Å². The summed E-state index contributed by atoms with van der Waals surface area (Å²) >= 11 is 0. The number of amides is 1. The fourth-order valence-electron chi connectivity index (χ4n) is 4.41. The largest absolute Gasteiger partial charge is 0.369 e. The van der Waals surface area contributed by atoms with E-state index in [0.717, 1.165) is 44.6 Å². The molecule has 0 unspecified atom stereocenters. The normalized spacial score (nSPS) is 14.6. The van der Waals surface area contributed by atoms with Crippen molar-refractivity contribution < 1.29 is 4.79 Å². The lowest BCUT2D eigenvalue weighted by atomic mass is 10.1. The van der Waals surface area contributed by atoms with Crippen molar-refractivity contribution in [2.75, 3.05) is 43.8 Å². The monoisotopic (exact) mass is 477 g/mol. The van der Waals surface area contributed by atoms with Gasteiger partial charge in [0.05, 0.1) is 12.1 Å². The lowest BCUT2D eigenvalue weighted by Gasteiger charge is -2.37.